The molecule has 0 fully saturated rings. The van der Waals surface area contributed by atoms with Gasteiger partial charge >= 0.3 is 5.97 Å². The highest BCUT2D eigenvalue weighted by molar-refractivity contribution is 6.35. The molecule has 0 saturated carbocycles. The highest BCUT2D eigenvalue weighted by Gasteiger charge is 2.22. The molecule has 164 valence electrons. The van der Waals surface area contributed by atoms with Gasteiger partial charge in [0.05, 0.1) is 16.8 Å². The Kier molecular flexibility index (Phi) is 7.25. The zero-order valence-corrected chi connectivity index (χ0v) is 18.7. The zero-order chi connectivity index (χ0) is 22.5. The van der Waals surface area contributed by atoms with Crippen LogP contribution in [0.3, 0.4) is 0 Å². The van der Waals surface area contributed by atoms with Crippen molar-refractivity contribution in [2.24, 2.45) is 0 Å². The Bertz CT molecular complexity index is 1090. The number of furan rings is 1. The van der Waals surface area contributed by atoms with Crippen LogP contribution in [0, 0.1) is 0 Å². The van der Waals surface area contributed by atoms with E-state index >= 15 is 0 Å². The molecule has 1 N–H and O–H groups in total. The second-order valence-corrected chi connectivity index (χ2v) is 7.63. The summed E-state index contributed by atoms with van der Waals surface area (Å²) in [7, 11) is 0. The molecular weight excluding hydrogens is 445 g/mol. The predicted molar refractivity (Wildman–Crippen MR) is 116 cm³/mol. The number of benzene rings is 1. The second-order valence-electron chi connectivity index (χ2n) is 6.78. The molecule has 10 heteroatoms. The van der Waals surface area contributed by atoms with Crippen LogP contribution in [0.4, 0.5) is 5.69 Å². The maximum absolute atomic E-state index is 12.6. The number of aromatic nitrogens is 2. The van der Waals surface area contributed by atoms with E-state index in [2.05, 4.69) is 10.4 Å². The summed E-state index contributed by atoms with van der Waals surface area (Å²) in [5.74, 6) is -0.252. The first-order valence-electron chi connectivity index (χ1n) is 9.53. The van der Waals surface area contributed by atoms with Crippen LogP contribution in [-0.4, -0.2) is 27.8 Å². The lowest BCUT2D eigenvalue weighted by molar-refractivity contribution is 0.0371. The van der Waals surface area contributed by atoms with Crippen molar-refractivity contribution in [2.45, 2.75) is 40.0 Å². The van der Waals surface area contributed by atoms with Gasteiger partial charge in [-0.15, -0.1) is 0 Å². The average Bonchev–Trinajstić information content (AvgIpc) is 3.34. The largest absolute Gasteiger partial charge is 0.484 e. The van der Waals surface area contributed by atoms with E-state index in [0.717, 1.165) is 0 Å². The maximum Gasteiger partial charge on any atom is 0.361 e. The van der Waals surface area contributed by atoms with Crippen LogP contribution < -0.4 is 10.1 Å². The molecule has 2 heterocycles. The van der Waals surface area contributed by atoms with Crippen LogP contribution in [0.1, 0.15) is 47.6 Å². The third kappa shape index (κ3) is 5.80. The lowest BCUT2D eigenvalue weighted by Crippen LogP contribution is -2.17. The van der Waals surface area contributed by atoms with Crippen LogP contribution in [0.5, 0.6) is 5.75 Å². The molecule has 0 radical (unpaired) electrons. The lowest BCUT2D eigenvalue weighted by atomic mass is 10.3. The van der Waals surface area contributed by atoms with Gasteiger partial charge in [0.25, 0.3) is 5.91 Å². The number of carbonyl (C=O) groups is 2. The maximum atomic E-state index is 12.6. The predicted octanol–water partition coefficient (Wildman–Crippen LogP) is 5.20. The van der Waals surface area contributed by atoms with Gasteiger partial charge in [-0.2, -0.15) is 5.10 Å². The first-order valence-corrected chi connectivity index (χ1v) is 10.3. The Balaban J connectivity index is 1.68. The Labute approximate surface area is 189 Å². The summed E-state index contributed by atoms with van der Waals surface area (Å²) in [6.07, 6.45) is 1.24. The Hall–Kier alpha value is -2.97. The number of esters is 1. The van der Waals surface area contributed by atoms with Crippen molar-refractivity contribution >= 4 is 40.8 Å². The van der Waals surface area contributed by atoms with Gasteiger partial charge in [0, 0.05) is 17.8 Å². The highest BCUT2D eigenvalue weighted by Crippen LogP contribution is 2.28. The molecular formula is C21H21Cl2N3O5. The summed E-state index contributed by atoms with van der Waals surface area (Å²) in [5, 5.41) is 7.67. The Morgan fingerprint density at radius 1 is 1.23 bits per heavy atom. The highest BCUT2D eigenvalue weighted by atomic mass is 35.5. The molecule has 3 rings (SSSR count). The SMILES string of the molecule is CCn1cc(NC(=O)c2ccc(COc3ccc(Cl)cc3Cl)o2)c(C(=O)OC(C)C)n1. The molecule has 0 spiro atoms. The standard InChI is InChI=1S/C21H21Cl2N3O5/c1-4-26-10-16(19(25-26)21(28)30-12(2)3)24-20(27)18-8-6-14(31-18)11-29-17-7-5-13(22)9-15(17)23/h5-10,12H,4,11H2,1-3H3,(H,24,27). The van der Waals surface area contributed by atoms with E-state index in [1.807, 2.05) is 6.92 Å². The third-order valence-electron chi connectivity index (χ3n) is 4.02. The number of aryl methyl sites for hydroxylation is 1. The van der Waals surface area contributed by atoms with Crippen molar-refractivity contribution in [3.8, 4) is 5.75 Å². The molecule has 0 aliphatic carbocycles. The number of amides is 1. The number of carbonyl (C=O) groups excluding carboxylic acids is 2. The van der Waals surface area contributed by atoms with Gasteiger partial charge < -0.3 is 19.2 Å². The zero-order valence-electron chi connectivity index (χ0n) is 17.1. The van der Waals surface area contributed by atoms with Gasteiger partial charge in [0.1, 0.15) is 18.1 Å². The topological polar surface area (TPSA) is 95.6 Å². The molecule has 8 nitrogen and oxygen atoms in total. The van der Waals surface area contributed by atoms with Crippen molar-refractivity contribution in [1.82, 2.24) is 9.78 Å². The van der Waals surface area contributed by atoms with Crippen LogP contribution >= 0.6 is 23.2 Å². The molecule has 2 aromatic heterocycles. The summed E-state index contributed by atoms with van der Waals surface area (Å²) in [6.45, 7) is 5.91. The quantitative estimate of drug-likeness (QED) is 0.459. The smallest absolute Gasteiger partial charge is 0.361 e. The van der Waals surface area contributed by atoms with Gasteiger partial charge in [-0.1, -0.05) is 23.2 Å². The minimum Gasteiger partial charge on any atom is -0.484 e. The number of nitrogens with one attached hydrogen (secondary N) is 1. The molecule has 0 aliphatic rings. The summed E-state index contributed by atoms with van der Waals surface area (Å²) in [6, 6.07) is 7.99. The Morgan fingerprint density at radius 3 is 2.68 bits per heavy atom. The number of ether oxygens (including phenoxy) is 2. The third-order valence-corrected chi connectivity index (χ3v) is 4.55. The van der Waals surface area contributed by atoms with Crippen LogP contribution in [0.15, 0.2) is 40.9 Å². The fourth-order valence-electron chi connectivity index (χ4n) is 2.60. The fraction of sp³-hybridized carbons (Fsp3) is 0.286. The summed E-state index contributed by atoms with van der Waals surface area (Å²) in [4.78, 5) is 24.9. The number of rotatable bonds is 8. The van der Waals surface area contributed by atoms with E-state index in [4.69, 9.17) is 37.1 Å². The van der Waals surface area contributed by atoms with Crippen molar-refractivity contribution in [2.75, 3.05) is 5.32 Å². The average molecular weight is 466 g/mol. The van der Waals surface area contributed by atoms with E-state index in [9.17, 15) is 9.59 Å². The van der Waals surface area contributed by atoms with Crippen LogP contribution in [-0.2, 0) is 17.9 Å². The van der Waals surface area contributed by atoms with E-state index in [-0.39, 0.29) is 29.9 Å². The number of hydrogen-bond acceptors (Lipinski definition) is 6. The molecule has 0 atom stereocenters. The van der Waals surface area contributed by atoms with Crippen molar-refractivity contribution in [3.05, 3.63) is 63.8 Å². The van der Waals surface area contributed by atoms with Gasteiger partial charge in [0.2, 0.25) is 0 Å². The second kappa shape index (κ2) is 9.89. The van der Waals surface area contributed by atoms with Crippen LogP contribution in [0.2, 0.25) is 10.0 Å². The monoisotopic (exact) mass is 465 g/mol. The number of halogens is 2. The molecule has 1 amide bonds. The van der Waals surface area contributed by atoms with Gasteiger partial charge in [-0.25, -0.2) is 4.79 Å². The number of anilines is 1. The molecule has 0 saturated heterocycles. The van der Waals surface area contributed by atoms with Gasteiger partial charge in [-0.3, -0.25) is 9.48 Å². The Morgan fingerprint density at radius 2 is 2.00 bits per heavy atom. The molecule has 0 bridgehead atoms. The fourth-order valence-corrected chi connectivity index (χ4v) is 3.06. The summed E-state index contributed by atoms with van der Waals surface area (Å²) in [5.41, 5.74) is 0.260. The minimum absolute atomic E-state index is 0.0244. The normalized spacial score (nSPS) is 10.9. The summed E-state index contributed by atoms with van der Waals surface area (Å²) >= 11 is 11.9. The van der Waals surface area contributed by atoms with E-state index in [0.29, 0.717) is 28.1 Å². The van der Waals surface area contributed by atoms with Crippen molar-refractivity contribution in [3.63, 3.8) is 0 Å². The van der Waals surface area contributed by atoms with Crippen molar-refractivity contribution in [1.29, 1.82) is 0 Å². The number of hydrogen-bond donors (Lipinski definition) is 1. The first-order chi connectivity index (χ1) is 14.8. The molecule has 0 unspecified atom stereocenters. The van der Waals surface area contributed by atoms with Crippen molar-refractivity contribution < 1.29 is 23.5 Å². The molecule has 1 aromatic carbocycles. The molecule has 3 aromatic rings. The summed E-state index contributed by atoms with van der Waals surface area (Å²) < 4.78 is 17.9. The van der Waals surface area contributed by atoms with Crippen LogP contribution in [0.25, 0.3) is 0 Å². The van der Waals surface area contributed by atoms with Gasteiger partial charge in [-0.05, 0) is 51.1 Å². The van der Waals surface area contributed by atoms with E-state index in [1.165, 1.54) is 10.7 Å². The van der Waals surface area contributed by atoms with E-state index in [1.54, 1.807) is 44.3 Å². The first kappa shape index (κ1) is 22.7. The lowest BCUT2D eigenvalue weighted by Gasteiger charge is -2.08. The minimum atomic E-state index is -0.620. The molecule has 31 heavy (non-hydrogen) atoms. The number of nitrogens with zero attached hydrogens (tertiary/aromatic N) is 2. The molecule has 0 aliphatic heterocycles. The van der Waals surface area contributed by atoms with E-state index < -0.39 is 11.9 Å². The van der Waals surface area contributed by atoms with Gasteiger partial charge in [0.15, 0.2) is 11.5 Å².